The van der Waals surface area contributed by atoms with Crippen LogP contribution in [0.3, 0.4) is 0 Å². The van der Waals surface area contributed by atoms with Gasteiger partial charge >= 0.3 is 0 Å². The first kappa shape index (κ1) is 25.4. The minimum absolute atomic E-state index is 0.247. The smallest absolute Gasteiger partial charge is 0.0126 e. The molecular formula is C27H44. The average Bonchev–Trinajstić information content (AvgIpc) is 2.59. The van der Waals surface area contributed by atoms with Crippen LogP contribution in [0.2, 0.25) is 0 Å². The first-order valence-electron chi connectivity index (χ1n) is 10.4. The fourth-order valence-electron chi connectivity index (χ4n) is 3.56. The van der Waals surface area contributed by atoms with E-state index < -0.39 is 0 Å². The van der Waals surface area contributed by atoms with Gasteiger partial charge in [0.15, 0.2) is 0 Å². The number of benzene rings is 2. The van der Waals surface area contributed by atoms with E-state index in [1.165, 1.54) is 38.9 Å². The summed E-state index contributed by atoms with van der Waals surface area (Å²) in [6, 6.07) is 10.6. The van der Waals surface area contributed by atoms with Gasteiger partial charge in [-0.3, -0.25) is 0 Å². The molecule has 0 heteroatoms. The van der Waals surface area contributed by atoms with Gasteiger partial charge in [0.1, 0.15) is 0 Å². The van der Waals surface area contributed by atoms with E-state index >= 15 is 0 Å². The predicted octanol–water partition coefficient (Wildman–Crippen LogP) is 8.54. The first-order valence-corrected chi connectivity index (χ1v) is 10.4. The van der Waals surface area contributed by atoms with Crippen LogP contribution in [0.4, 0.5) is 0 Å². The predicted molar refractivity (Wildman–Crippen MR) is 125 cm³/mol. The molecule has 2 aromatic carbocycles. The zero-order valence-corrected chi connectivity index (χ0v) is 20.4. The van der Waals surface area contributed by atoms with Crippen LogP contribution >= 0.6 is 0 Å². The van der Waals surface area contributed by atoms with Gasteiger partial charge in [-0.2, -0.15) is 0 Å². The summed E-state index contributed by atoms with van der Waals surface area (Å²) in [5.74, 6) is 0. The zero-order chi connectivity index (χ0) is 21.6. The van der Waals surface area contributed by atoms with Crippen molar-refractivity contribution in [1.82, 2.24) is 0 Å². The van der Waals surface area contributed by atoms with Gasteiger partial charge in [-0.15, -0.1) is 0 Å². The summed E-state index contributed by atoms with van der Waals surface area (Å²) < 4.78 is 0. The van der Waals surface area contributed by atoms with Gasteiger partial charge in [0.05, 0.1) is 0 Å². The Kier molecular flexibility index (Phi) is 9.53. The van der Waals surface area contributed by atoms with E-state index in [-0.39, 0.29) is 5.41 Å². The summed E-state index contributed by atoms with van der Waals surface area (Å²) in [6.45, 7) is 28.8. The maximum Gasteiger partial charge on any atom is -0.0126 e. The lowest BCUT2D eigenvalue weighted by Gasteiger charge is -2.28. The fraction of sp³-hybridized carbons (Fsp3) is 0.556. The highest BCUT2D eigenvalue weighted by Crippen LogP contribution is 2.34. The van der Waals surface area contributed by atoms with Crippen LogP contribution in [0.15, 0.2) is 30.3 Å². The monoisotopic (exact) mass is 368 g/mol. The molecule has 27 heavy (non-hydrogen) atoms. The first-order chi connectivity index (χ1) is 12.3. The second-order valence-corrected chi connectivity index (χ2v) is 9.37. The van der Waals surface area contributed by atoms with Crippen molar-refractivity contribution in [2.45, 2.75) is 101 Å². The van der Waals surface area contributed by atoms with Crippen molar-refractivity contribution in [1.29, 1.82) is 0 Å². The van der Waals surface area contributed by atoms with Gasteiger partial charge in [-0.25, -0.2) is 0 Å². The van der Waals surface area contributed by atoms with Crippen LogP contribution in [0.5, 0.6) is 0 Å². The molecule has 0 N–H and O–H groups in total. The maximum atomic E-state index is 2.30. The Labute approximate surface area is 170 Å². The Hall–Kier alpha value is -1.56. The lowest BCUT2D eigenvalue weighted by molar-refractivity contribution is 0.580. The van der Waals surface area contributed by atoms with Crippen LogP contribution in [-0.2, 0) is 10.8 Å². The van der Waals surface area contributed by atoms with E-state index in [0.717, 1.165) is 0 Å². The molecule has 0 spiro atoms. The molecule has 0 heterocycles. The molecule has 0 saturated heterocycles. The Morgan fingerprint density at radius 1 is 0.481 bits per heavy atom. The Morgan fingerprint density at radius 3 is 1.07 bits per heavy atom. The average molecular weight is 369 g/mol. The molecular weight excluding hydrogens is 324 g/mol. The van der Waals surface area contributed by atoms with Crippen molar-refractivity contribution in [2.24, 2.45) is 0 Å². The molecule has 0 aliphatic rings. The lowest BCUT2D eigenvalue weighted by atomic mass is 9.77. The van der Waals surface area contributed by atoms with Crippen LogP contribution < -0.4 is 0 Å². The van der Waals surface area contributed by atoms with Crippen LogP contribution in [-0.4, -0.2) is 0 Å². The van der Waals surface area contributed by atoms with Crippen molar-refractivity contribution in [3.8, 4) is 0 Å². The van der Waals surface area contributed by atoms with Gasteiger partial charge in [0.25, 0.3) is 0 Å². The topological polar surface area (TPSA) is 0 Å². The molecule has 0 aliphatic heterocycles. The number of rotatable bonds is 0. The van der Waals surface area contributed by atoms with E-state index in [1.807, 2.05) is 13.8 Å². The SMILES string of the molecule is CC.CC(C)(C)c1ccccc1.Cc1c(C)c(C)c(C(C)(C)C)c(C)c1C. The minimum Gasteiger partial charge on any atom is -0.0683 e. The summed E-state index contributed by atoms with van der Waals surface area (Å²) in [4.78, 5) is 0. The highest BCUT2D eigenvalue weighted by Gasteiger charge is 2.22. The summed E-state index contributed by atoms with van der Waals surface area (Å²) in [5.41, 5.74) is 10.8. The van der Waals surface area contributed by atoms with Crippen LogP contribution in [0.25, 0.3) is 0 Å². The van der Waals surface area contributed by atoms with E-state index in [0.29, 0.717) is 5.41 Å². The van der Waals surface area contributed by atoms with Crippen molar-refractivity contribution < 1.29 is 0 Å². The second kappa shape index (κ2) is 10.1. The summed E-state index contributed by atoms with van der Waals surface area (Å²) in [6.07, 6.45) is 0. The van der Waals surface area contributed by atoms with Crippen LogP contribution in [0, 0.1) is 34.6 Å². The second-order valence-electron chi connectivity index (χ2n) is 9.37. The van der Waals surface area contributed by atoms with E-state index in [1.54, 1.807) is 0 Å². The van der Waals surface area contributed by atoms with E-state index in [9.17, 15) is 0 Å². The normalized spacial score (nSPS) is 11.1. The van der Waals surface area contributed by atoms with Gasteiger partial charge < -0.3 is 0 Å². The summed E-state index contributed by atoms with van der Waals surface area (Å²) in [5, 5.41) is 0. The Bertz CT molecular complexity index is 675. The van der Waals surface area contributed by atoms with Gasteiger partial charge in [-0.05, 0) is 84.4 Å². The molecule has 2 aromatic rings. The third kappa shape index (κ3) is 6.83. The Balaban J connectivity index is 0.000000488. The maximum absolute atomic E-state index is 2.30. The molecule has 152 valence electrons. The summed E-state index contributed by atoms with van der Waals surface area (Å²) in [7, 11) is 0. The highest BCUT2D eigenvalue weighted by molar-refractivity contribution is 5.51. The van der Waals surface area contributed by atoms with Crippen molar-refractivity contribution in [2.75, 3.05) is 0 Å². The molecule has 0 unspecified atom stereocenters. The number of hydrogen-bond donors (Lipinski definition) is 0. The Morgan fingerprint density at radius 2 is 0.815 bits per heavy atom. The fourth-order valence-corrected chi connectivity index (χ4v) is 3.56. The largest absolute Gasteiger partial charge is 0.0683 e. The molecule has 0 fully saturated rings. The zero-order valence-electron chi connectivity index (χ0n) is 20.4. The molecule has 0 saturated carbocycles. The number of hydrogen-bond acceptors (Lipinski definition) is 0. The van der Waals surface area contributed by atoms with Gasteiger partial charge in [0, 0.05) is 0 Å². The third-order valence-corrected chi connectivity index (χ3v) is 5.39. The molecule has 0 radical (unpaired) electrons. The van der Waals surface area contributed by atoms with E-state index in [2.05, 4.69) is 106 Å². The van der Waals surface area contributed by atoms with Crippen molar-refractivity contribution in [3.63, 3.8) is 0 Å². The molecule has 0 aromatic heterocycles. The molecule has 2 rings (SSSR count). The van der Waals surface area contributed by atoms with Gasteiger partial charge in [0.2, 0.25) is 0 Å². The van der Waals surface area contributed by atoms with Crippen LogP contribution in [0.1, 0.15) is 94.3 Å². The third-order valence-electron chi connectivity index (χ3n) is 5.39. The highest BCUT2D eigenvalue weighted by atomic mass is 14.3. The molecule has 0 aliphatic carbocycles. The molecule has 0 amide bonds. The quantitative estimate of drug-likeness (QED) is 0.437. The van der Waals surface area contributed by atoms with Crippen molar-refractivity contribution in [3.05, 3.63) is 69.3 Å². The standard InChI is InChI=1S/C15H24.C10H14.C2H6/c1-9-10(2)12(4)14(15(6,7)8)13(5)11(9)3;1-10(2,3)9-7-5-4-6-8-9;1-2/h1-8H3;4-8H,1-3H3;1-2H3. The molecule has 0 atom stereocenters. The minimum atomic E-state index is 0.247. The van der Waals surface area contributed by atoms with Crippen molar-refractivity contribution >= 4 is 0 Å². The summed E-state index contributed by atoms with van der Waals surface area (Å²) >= 11 is 0. The lowest BCUT2D eigenvalue weighted by Crippen LogP contribution is -2.17. The molecule has 0 nitrogen and oxygen atoms in total. The van der Waals surface area contributed by atoms with Gasteiger partial charge in [-0.1, -0.05) is 85.7 Å². The molecule has 0 bridgehead atoms. The van der Waals surface area contributed by atoms with E-state index in [4.69, 9.17) is 0 Å².